The predicted octanol–water partition coefficient (Wildman–Crippen LogP) is 4.77. The molecule has 0 fully saturated rings. The van der Waals surface area contributed by atoms with Gasteiger partial charge in [0.1, 0.15) is 24.8 Å². The molecule has 0 saturated carbocycles. The fourth-order valence-electron chi connectivity index (χ4n) is 3.55. The second-order valence-corrected chi connectivity index (χ2v) is 7.06. The second kappa shape index (κ2) is 8.39. The number of hydrogen-bond donors (Lipinski definition) is 2. The van der Waals surface area contributed by atoms with Crippen LogP contribution < -0.4 is 24.8 Å². The molecule has 156 valence electrons. The third kappa shape index (κ3) is 4.02. The Balaban J connectivity index is 1.44. The number of benzene rings is 3. The summed E-state index contributed by atoms with van der Waals surface area (Å²) in [6.45, 7) is 1.68. The van der Waals surface area contributed by atoms with Gasteiger partial charge < -0.3 is 24.8 Å². The van der Waals surface area contributed by atoms with Crippen molar-refractivity contribution in [2.24, 2.45) is 0 Å². The van der Waals surface area contributed by atoms with Crippen molar-refractivity contribution in [2.75, 3.05) is 31.0 Å². The van der Waals surface area contributed by atoms with Crippen molar-refractivity contribution >= 4 is 28.4 Å². The molecule has 5 rings (SSSR count). The van der Waals surface area contributed by atoms with E-state index in [1.54, 1.807) is 7.11 Å². The van der Waals surface area contributed by atoms with Crippen molar-refractivity contribution in [1.29, 1.82) is 0 Å². The molecule has 2 heterocycles. The van der Waals surface area contributed by atoms with Gasteiger partial charge in [0.15, 0.2) is 11.5 Å². The molecule has 0 unspecified atom stereocenters. The first-order chi connectivity index (χ1) is 15.3. The van der Waals surface area contributed by atoms with Gasteiger partial charge in [-0.1, -0.05) is 30.3 Å². The highest BCUT2D eigenvalue weighted by Gasteiger charge is 2.13. The molecule has 0 amide bonds. The van der Waals surface area contributed by atoms with Gasteiger partial charge in [-0.3, -0.25) is 0 Å². The van der Waals surface area contributed by atoms with Gasteiger partial charge in [-0.2, -0.15) is 4.98 Å². The van der Waals surface area contributed by atoms with Gasteiger partial charge in [0.05, 0.1) is 12.6 Å². The molecule has 0 atom stereocenters. The summed E-state index contributed by atoms with van der Waals surface area (Å²) in [5, 5.41) is 7.67. The van der Waals surface area contributed by atoms with E-state index in [4.69, 9.17) is 19.2 Å². The summed E-state index contributed by atoms with van der Waals surface area (Å²) in [6, 6.07) is 21.6. The number of nitrogens with one attached hydrogen (secondary N) is 2. The summed E-state index contributed by atoms with van der Waals surface area (Å²) in [5.41, 5.74) is 2.73. The largest absolute Gasteiger partial charge is 0.496 e. The van der Waals surface area contributed by atoms with Gasteiger partial charge >= 0.3 is 0 Å². The molecule has 3 aromatic carbocycles. The highest BCUT2D eigenvalue weighted by Crippen LogP contribution is 2.34. The molecule has 0 spiro atoms. The zero-order valence-corrected chi connectivity index (χ0v) is 17.1. The number of fused-ring (bicyclic) bond motifs is 2. The summed E-state index contributed by atoms with van der Waals surface area (Å²) >= 11 is 0. The third-order valence-corrected chi connectivity index (χ3v) is 5.04. The van der Waals surface area contributed by atoms with Crippen molar-refractivity contribution in [1.82, 2.24) is 9.97 Å². The molecule has 0 bridgehead atoms. The monoisotopic (exact) mass is 414 g/mol. The molecule has 0 aliphatic carbocycles. The van der Waals surface area contributed by atoms with Crippen LogP contribution in [0.5, 0.6) is 17.2 Å². The zero-order chi connectivity index (χ0) is 21.0. The fraction of sp³-hybridized carbons (Fsp3) is 0.167. The van der Waals surface area contributed by atoms with E-state index >= 15 is 0 Å². The third-order valence-electron chi connectivity index (χ3n) is 5.04. The molecular weight excluding hydrogens is 392 g/mol. The Morgan fingerprint density at radius 1 is 0.903 bits per heavy atom. The first-order valence-electron chi connectivity index (χ1n) is 10.1. The average Bonchev–Trinajstić information content (AvgIpc) is 2.82. The fourth-order valence-corrected chi connectivity index (χ4v) is 3.55. The minimum absolute atomic E-state index is 0.498. The van der Waals surface area contributed by atoms with E-state index in [9.17, 15) is 0 Å². The van der Waals surface area contributed by atoms with Crippen molar-refractivity contribution in [2.45, 2.75) is 6.54 Å². The van der Waals surface area contributed by atoms with Gasteiger partial charge in [-0.15, -0.1) is 0 Å². The van der Waals surface area contributed by atoms with Crippen LogP contribution in [0.15, 0.2) is 66.7 Å². The molecule has 4 aromatic rings. The van der Waals surface area contributed by atoms with E-state index < -0.39 is 0 Å². The first-order valence-corrected chi connectivity index (χ1v) is 10.1. The van der Waals surface area contributed by atoms with E-state index in [0.29, 0.717) is 31.5 Å². The molecule has 0 radical (unpaired) electrons. The summed E-state index contributed by atoms with van der Waals surface area (Å²) in [7, 11) is 1.67. The minimum atomic E-state index is 0.498. The quantitative estimate of drug-likeness (QED) is 0.471. The van der Waals surface area contributed by atoms with E-state index in [1.165, 1.54) is 0 Å². The molecular formula is C24H22N4O3. The highest BCUT2D eigenvalue weighted by molar-refractivity contribution is 5.90. The topological polar surface area (TPSA) is 77.5 Å². The smallest absolute Gasteiger partial charge is 0.229 e. The Morgan fingerprint density at radius 2 is 1.71 bits per heavy atom. The summed E-state index contributed by atoms with van der Waals surface area (Å²) in [4.78, 5) is 9.41. The summed E-state index contributed by atoms with van der Waals surface area (Å²) in [5.74, 6) is 3.54. The highest BCUT2D eigenvalue weighted by atomic mass is 16.6. The van der Waals surface area contributed by atoms with Crippen LogP contribution in [0.25, 0.3) is 10.9 Å². The van der Waals surface area contributed by atoms with E-state index in [2.05, 4.69) is 15.6 Å². The predicted molar refractivity (Wildman–Crippen MR) is 121 cm³/mol. The number of anilines is 3. The van der Waals surface area contributed by atoms with Crippen LogP contribution in [-0.4, -0.2) is 30.3 Å². The molecule has 1 aliphatic heterocycles. The van der Waals surface area contributed by atoms with Crippen LogP contribution in [0.1, 0.15) is 5.56 Å². The standard InChI is InChI=1S/C24H22N4O3/c1-29-20-9-5-2-6-16(20)15-25-23-18-7-3-4-8-19(18)27-24(28-23)26-17-10-11-21-22(14-17)31-13-12-30-21/h2-11,14H,12-13,15H2,1H3,(H2,25,26,27,28). The van der Waals surface area contributed by atoms with Crippen LogP contribution in [0, 0.1) is 0 Å². The molecule has 2 N–H and O–H groups in total. The second-order valence-electron chi connectivity index (χ2n) is 7.06. The lowest BCUT2D eigenvalue weighted by Crippen LogP contribution is -2.15. The minimum Gasteiger partial charge on any atom is -0.496 e. The Labute approximate surface area is 180 Å². The molecule has 1 aliphatic rings. The maximum atomic E-state index is 5.68. The maximum absolute atomic E-state index is 5.68. The summed E-state index contributed by atoms with van der Waals surface area (Å²) in [6.07, 6.45) is 0. The van der Waals surface area contributed by atoms with Crippen molar-refractivity contribution in [3.63, 3.8) is 0 Å². The molecule has 31 heavy (non-hydrogen) atoms. The zero-order valence-electron chi connectivity index (χ0n) is 17.1. The van der Waals surface area contributed by atoms with Gasteiger partial charge in [0, 0.05) is 29.2 Å². The van der Waals surface area contributed by atoms with Gasteiger partial charge in [-0.25, -0.2) is 4.98 Å². The normalized spacial score (nSPS) is 12.4. The Bertz CT molecular complexity index is 1230. The van der Waals surface area contributed by atoms with Gasteiger partial charge in [0.25, 0.3) is 0 Å². The Morgan fingerprint density at radius 3 is 2.61 bits per heavy atom. The molecule has 1 aromatic heterocycles. The lowest BCUT2D eigenvalue weighted by Gasteiger charge is -2.19. The van der Waals surface area contributed by atoms with Crippen molar-refractivity contribution < 1.29 is 14.2 Å². The average molecular weight is 414 g/mol. The van der Waals surface area contributed by atoms with Crippen LogP contribution in [-0.2, 0) is 6.54 Å². The van der Waals surface area contributed by atoms with Gasteiger partial charge in [-0.05, 0) is 30.3 Å². The van der Waals surface area contributed by atoms with Crippen LogP contribution in [0.2, 0.25) is 0 Å². The van der Waals surface area contributed by atoms with Crippen LogP contribution >= 0.6 is 0 Å². The number of para-hydroxylation sites is 2. The molecule has 7 nitrogen and oxygen atoms in total. The van der Waals surface area contributed by atoms with Crippen molar-refractivity contribution in [3.05, 3.63) is 72.3 Å². The number of ether oxygens (including phenoxy) is 3. The lowest BCUT2D eigenvalue weighted by atomic mass is 10.2. The Kier molecular flexibility index (Phi) is 5.14. The molecule has 7 heteroatoms. The van der Waals surface area contributed by atoms with Crippen LogP contribution in [0.4, 0.5) is 17.5 Å². The SMILES string of the molecule is COc1ccccc1CNc1nc(Nc2ccc3c(c2)OCCO3)nc2ccccc12. The Hall–Kier alpha value is -4.00. The number of hydrogen-bond acceptors (Lipinski definition) is 7. The summed E-state index contributed by atoms with van der Waals surface area (Å²) < 4.78 is 16.7. The van der Waals surface area contributed by atoms with E-state index in [1.807, 2.05) is 66.7 Å². The van der Waals surface area contributed by atoms with E-state index in [0.717, 1.165) is 39.5 Å². The van der Waals surface area contributed by atoms with Gasteiger partial charge in [0.2, 0.25) is 5.95 Å². The van der Waals surface area contributed by atoms with Crippen LogP contribution in [0.3, 0.4) is 0 Å². The number of nitrogens with zero attached hydrogens (tertiary/aromatic N) is 2. The number of aromatic nitrogens is 2. The lowest BCUT2D eigenvalue weighted by molar-refractivity contribution is 0.171. The maximum Gasteiger partial charge on any atom is 0.229 e. The van der Waals surface area contributed by atoms with E-state index in [-0.39, 0.29) is 0 Å². The number of methoxy groups -OCH3 is 1. The first kappa shape index (κ1) is 19.0. The van der Waals surface area contributed by atoms with Crippen molar-refractivity contribution in [3.8, 4) is 17.2 Å². The molecule has 0 saturated heterocycles. The number of rotatable bonds is 6.